The highest BCUT2D eigenvalue weighted by Crippen LogP contribution is 2.35. The number of fused-ring (bicyclic) bond motifs is 4. The molecule has 0 aliphatic rings. The normalized spacial score (nSPS) is 11.2. The lowest BCUT2D eigenvalue weighted by atomic mass is 10.1. The Labute approximate surface area is 138 Å². The number of ether oxygens (including phenoxy) is 2. The maximum atomic E-state index is 10.1. The van der Waals surface area contributed by atoms with Crippen LogP contribution in [0.3, 0.4) is 0 Å². The Kier molecular flexibility index (Phi) is 3.09. The van der Waals surface area contributed by atoms with Gasteiger partial charge in [0.1, 0.15) is 5.75 Å². The Morgan fingerprint density at radius 2 is 1.67 bits per heavy atom. The average molecular weight is 321 g/mol. The van der Waals surface area contributed by atoms with Crippen LogP contribution in [-0.4, -0.2) is 19.3 Å². The van der Waals surface area contributed by atoms with Gasteiger partial charge in [-0.15, -0.1) is 0 Å². The molecule has 5 nitrogen and oxygen atoms in total. The van der Waals surface area contributed by atoms with Crippen LogP contribution in [0.25, 0.3) is 27.1 Å². The van der Waals surface area contributed by atoms with E-state index in [1.54, 1.807) is 26.4 Å². The maximum Gasteiger partial charge on any atom is 0.219 e. The first-order valence-electron chi connectivity index (χ1n) is 7.53. The first-order chi connectivity index (χ1) is 11.6. The van der Waals surface area contributed by atoms with Crippen LogP contribution in [0, 0.1) is 0 Å². The van der Waals surface area contributed by atoms with Crippen molar-refractivity contribution in [2.24, 2.45) is 0 Å². The zero-order valence-electron chi connectivity index (χ0n) is 13.4. The van der Waals surface area contributed by atoms with Crippen LogP contribution in [0.5, 0.6) is 17.2 Å². The van der Waals surface area contributed by atoms with Gasteiger partial charge in [-0.3, -0.25) is 0 Å². The molecule has 2 aromatic heterocycles. The Bertz CT molecular complexity index is 1110. The third-order valence-corrected chi connectivity index (χ3v) is 4.37. The van der Waals surface area contributed by atoms with E-state index in [-0.39, 0.29) is 5.75 Å². The van der Waals surface area contributed by atoms with Crippen molar-refractivity contribution in [3.05, 3.63) is 48.8 Å². The lowest BCUT2D eigenvalue weighted by Crippen LogP contribution is -2.20. The molecule has 0 aliphatic carbocycles. The molecule has 2 aromatic carbocycles. The minimum Gasteiger partial charge on any atom is -0.507 e. The van der Waals surface area contributed by atoms with Crippen LogP contribution in [-0.2, 0) is 0 Å². The van der Waals surface area contributed by atoms with Gasteiger partial charge in [0, 0.05) is 23.2 Å². The largest absolute Gasteiger partial charge is 0.507 e. The molecule has 0 bridgehead atoms. The Morgan fingerprint density at radius 1 is 0.917 bits per heavy atom. The molecule has 0 radical (unpaired) electrons. The number of aromatic nitrogens is 1. The molecule has 4 rings (SSSR count). The number of pyridine rings is 2. The van der Waals surface area contributed by atoms with Gasteiger partial charge in [0.05, 0.1) is 25.0 Å². The maximum absolute atomic E-state index is 10.1. The Hall–Kier alpha value is -3.21. The molecule has 3 N–H and O–H groups in total. The predicted molar refractivity (Wildman–Crippen MR) is 93.8 cm³/mol. The number of benzene rings is 2. The van der Waals surface area contributed by atoms with E-state index in [1.807, 2.05) is 41.1 Å². The highest BCUT2D eigenvalue weighted by Gasteiger charge is 2.16. The third kappa shape index (κ3) is 1.98. The van der Waals surface area contributed by atoms with E-state index in [0.29, 0.717) is 22.6 Å². The molecule has 0 unspecified atom stereocenters. The van der Waals surface area contributed by atoms with Crippen molar-refractivity contribution in [3.8, 4) is 17.2 Å². The minimum atomic E-state index is 0.209. The fraction of sp³-hybridized carbons (Fsp3) is 0.105. The van der Waals surface area contributed by atoms with E-state index in [4.69, 9.17) is 15.2 Å². The number of nitrogens with two attached hydrogens (primary N) is 1. The number of nitrogens with zero attached hydrogens (tertiary/aromatic N) is 1. The van der Waals surface area contributed by atoms with Gasteiger partial charge < -0.3 is 20.3 Å². The number of hydrogen-bond donors (Lipinski definition) is 2. The lowest BCUT2D eigenvalue weighted by Gasteiger charge is -2.09. The molecule has 4 aromatic rings. The van der Waals surface area contributed by atoms with E-state index in [9.17, 15) is 5.11 Å². The molecule has 0 spiro atoms. The highest BCUT2D eigenvalue weighted by molar-refractivity contribution is 6.03. The van der Waals surface area contributed by atoms with E-state index in [0.717, 1.165) is 21.7 Å². The predicted octanol–water partition coefficient (Wildman–Crippen LogP) is 3.04. The first-order valence-corrected chi connectivity index (χ1v) is 7.53. The standard InChI is InChI=1S/C19H16N2O3/c1-23-18-7-11-5-6-21-10-14-13(15(20)3-4-17(14)22)8-16(21)12(11)9-19(18)24-2/h3-10H,20H2,1-2H3/p+1. The zero-order chi connectivity index (χ0) is 16.8. The number of rotatable bonds is 2. The molecule has 24 heavy (non-hydrogen) atoms. The van der Waals surface area contributed by atoms with Crippen molar-refractivity contribution < 1.29 is 19.0 Å². The summed E-state index contributed by atoms with van der Waals surface area (Å²) in [4.78, 5) is 0. The van der Waals surface area contributed by atoms with Gasteiger partial charge >= 0.3 is 0 Å². The fourth-order valence-corrected chi connectivity index (χ4v) is 3.11. The molecule has 0 fully saturated rings. The number of phenolic OH excluding ortho intramolecular Hbond substituents is 1. The quantitative estimate of drug-likeness (QED) is 0.196. The van der Waals surface area contributed by atoms with E-state index in [2.05, 4.69) is 0 Å². The fourth-order valence-electron chi connectivity index (χ4n) is 3.11. The van der Waals surface area contributed by atoms with Gasteiger partial charge in [-0.2, -0.15) is 4.40 Å². The summed E-state index contributed by atoms with van der Waals surface area (Å²) in [6, 6.07) is 11.2. The topological polar surface area (TPSA) is 68.8 Å². The number of nitrogen functional groups attached to an aromatic ring is 1. The Balaban J connectivity index is 2.17. The summed E-state index contributed by atoms with van der Waals surface area (Å²) in [5.74, 6) is 1.57. The molecule has 0 amide bonds. The summed E-state index contributed by atoms with van der Waals surface area (Å²) < 4.78 is 12.8. The van der Waals surface area contributed by atoms with Crippen molar-refractivity contribution in [2.45, 2.75) is 0 Å². The summed E-state index contributed by atoms with van der Waals surface area (Å²) in [7, 11) is 3.24. The third-order valence-electron chi connectivity index (χ3n) is 4.37. The van der Waals surface area contributed by atoms with Crippen molar-refractivity contribution >= 4 is 32.7 Å². The number of phenols is 1. The van der Waals surface area contributed by atoms with Crippen LogP contribution in [0.4, 0.5) is 5.69 Å². The van der Waals surface area contributed by atoms with Gasteiger partial charge in [-0.1, -0.05) is 0 Å². The molecular weight excluding hydrogens is 304 g/mol. The van der Waals surface area contributed by atoms with Crippen LogP contribution in [0.1, 0.15) is 0 Å². The van der Waals surface area contributed by atoms with Crippen molar-refractivity contribution in [1.29, 1.82) is 0 Å². The van der Waals surface area contributed by atoms with E-state index < -0.39 is 0 Å². The molecule has 120 valence electrons. The monoisotopic (exact) mass is 321 g/mol. The summed E-state index contributed by atoms with van der Waals surface area (Å²) in [5.41, 5.74) is 7.70. The van der Waals surface area contributed by atoms with Crippen LogP contribution < -0.4 is 19.6 Å². The van der Waals surface area contributed by atoms with Gasteiger partial charge in [0.25, 0.3) is 0 Å². The second-order valence-electron chi connectivity index (χ2n) is 5.68. The molecule has 0 saturated carbocycles. The van der Waals surface area contributed by atoms with Crippen molar-refractivity contribution in [2.75, 3.05) is 20.0 Å². The highest BCUT2D eigenvalue weighted by atomic mass is 16.5. The van der Waals surface area contributed by atoms with Crippen LogP contribution in [0.15, 0.2) is 48.8 Å². The second-order valence-corrected chi connectivity index (χ2v) is 5.68. The number of methoxy groups -OCH3 is 2. The molecule has 5 heteroatoms. The summed E-state index contributed by atoms with van der Waals surface area (Å²) in [6.45, 7) is 0. The smallest absolute Gasteiger partial charge is 0.219 e. The van der Waals surface area contributed by atoms with Crippen molar-refractivity contribution in [3.63, 3.8) is 0 Å². The van der Waals surface area contributed by atoms with E-state index in [1.165, 1.54) is 0 Å². The molecule has 0 aliphatic heterocycles. The first kappa shape index (κ1) is 14.4. The van der Waals surface area contributed by atoms with Crippen LogP contribution in [0.2, 0.25) is 0 Å². The van der Waals surface area contributed by atoms with Crippen molar-refractivity contribution in [1.82, 2.24) is 0 Å². The number of hydrogen-bond acceptors (Lipinski definition) is 4. The number of anilines is 1. The molecule has 0 saturated heterocycles. The molecule has 2 heterocycles. The number of aromatic hydroxyl groups is 1. The minimum absolute atomic E-state index is 0.209. The Morgan fingerprint density at radius 3 is 2.42 bits per heavy atom. The molecule has 0 atom stereocenters. The van der Waals surface area contributed by atoms with E-state index >= 15 is 0 Å². The van der Waals surface area contributed by atoms with Gasteiger partial charge in [0.2, 0.25) is 5.52 Å². The molecular formula is C19H17N2O3+. The SMILES string of the molecule is COc1cc2cc[n+]3cc4c(O)ccc(N)c4cc3c2cc1OC. The second kappa shape index (κ2) is 5.16. The zero-order valence-corrected chi connectivity index (χ0v) is 13.4. The summed E-state index contributed by atoms with van der Waals surface area (Å²) in [5, 5.41) is 13.7. The average Bonchev–Trinajstić information content (AvgIpc) is 2.62. The van der Waals surface area contributed by atoms with Gasteiger partial charge in [-0.25, -0.2) is 0 Å². The summed E-state index contributed by atoms with van der Waals surface area (Å²) >= 11 is 0. The summed E-state index contributed by atoms with van der Waals surface area (Å²) in [6.07, 6.45) is 3.83. The van der Waals surface area contributed by atoms with Gasteiger partial charge in [-0.05, 0) is 29.7 Å². The van der Waals surface area contributed by atoms with Gasteiger partial charge in [0.15, 0.2) is 23.9 Å². The van der Waals surface area contributed by atoms with Crippen LogP contribution >= 0.6 is 0 Å². The lowest BCUT2D eigenvalue weighted by molar-refractivity contribution is -0.509.